The second kappa shape index (κ2) is 5.38. The lowest BCUT2D eigenvalue weighted by molar-refractivity contribution is 0.124. The van der Waals surface area contributed by atoms with Crippen LogP contribution in [0.25, 0.3) is 11.3 Å². The minimum atomic E-state index is 0.537. The Hall–Kier alpha value is -1.26. The second-order valence-electron chi connectivity index (χ2n) is 3.87. The fraction of sp³-hybridized carbons (Fsp3) is 0.308. The van der Waals surface area contributed by atoms with Crippen molar-refractivity contribution in [1.29, 1.82) is 0 Å². The number of methoxy groups -OCH3 is 1. The van der Waals surface area contributed by atoms with Gasteiger partial charge < -0.3 is 9.30 Å². The lowest BCUT2D eigenvalue weighted by atomic mass is 10.1. The maximum Gasteiger partial charge on any atom is 0.170 e. The summed E-state index contributed by atoms with van der Waals surface area (Å²) in [6.07, 6.45) is 4.05. The highest BCUT2D eigenvalue weighted by atomic mass is 32.2. The van der Waals surface area contributed by atoms with E-state index in [1.165, 1.54) is 5.56 Å². The third-order valence-electron chi connectivity index (χ3n) is 2.54. The van der Waals surface area contributed by atoms with E-state index in [-0.39, 0.29) is 0 Å². The third-order valence-corrected chi connectivity index (χ3v) is 3.23. The molecule has 3 nitrogen and oxygen atoms in total. The zero-order valence-corrected chi connectivity index (χ0v) is 11.1. The van der Waals surface area contributed by atoms with Crippen molar-refractivity contribution in [2.75, 3.05) is 13.4 Å². The van der Waals surface area contributed by atoms with Crippen molar-refractivity contribution in [1.82, 2.24) is 9.55 Å². The monoisotopic (exact) mass is 248 g/mol. The van der Waals surface area contributed by atoms with Crippen LogP contribution in [-0.4, -0.2) is 22.9 Å². The Balaban J connectivity index is 2.35. The molecule has 0 aliphatic carbocycles. The Labute approximate surface area is 106 Å². The molecule has 17 heavy (non-hydrogen) atoms. The molecule has 0 N–H and O–H groups in total. The average Bonchev–Trinajstić information content (AvgIpc) is 2.74. The summed E-state index contributed by atoms with van der Waals surface area (Å²) in [4.78, 5) is 4.59. The van der Waals surface area contributed by atoms with Gasteiger partial charge in [-0.3, -0.25) is 0 Å². The number of ether oxygens (including phenoxy) is 1. The summed E-state index contributed by atoms with van der Waals surface area (Å²) in [6, 6.07) is 8.39. The molecule has 90 valence electrons. The van der Waals surface area contributed by atoms with Crippen LogP contribution in [0, 0.1) is 6.92 Å². The maximum atomic E-state index is 5.15. The van der Waals surface area contributed by atoms with Gasteiger partial charge in [-0.15, -0.1) is 0 Å². The fourth-order valence-electron chi connectivity index (χ4n) is 1.66. The molecule has 2 aromatic rings. The number of imidazole rings is 1. The van der Waals surface area contributed by atoms with E-state index in [4.69, 9.17) is 4.74 Å². The molecule has 1 aromatic heterocycles. The molecule has 0 aliphatic heterocycles. The van der Waals surface area contributed by atoms with E-state index < -0.39 is 0 Å². The van der Waals surface area contributed by atoms with Crippen molar-refractivity contribution < 1.29 is 4.74 Å². The van der Waals surface area contributed by atoms with Crippen molar-refractivity contribution in [2.45, 2.75) is 18.8 Å². The smallest absolute Gasteiger partial charge is 0.170 e. The minimum Gasteiger partial charge on any atom is -0.364 e. The quantitative estimate of drug-likeness (QED) is 0.778. The van der Waals surface area contributed by atoms with Crippen LogP contribution in [0.15, 0.2) is 35.6 Å². The molecule has 4 heteroatoms. The number of aryl methyl sites for hydroxylation is 1. The van der Waals surface area contributed by atoms with E-state index in [1.54, 1.807) is 18.9 Å². The Bertz CT molecular complexity index is 491. The number of aromatic nitrogens is 2. The van der Waals surface area contributed by atoms with Crippen LogP contribution in [0.4, 0.5) is 0 Å². The Morgan fingerprint density at radius 2 is 2.00 bits per heavy atom. The molecule has 0 atom stereocenters. The molecule has 1 heterocycles. The van der Waals surface area contributed by atoms with Crippen LogP contribution < -0.4 is 0 Å². The standard InChI is InChI=1S/C13H16N2OS/c1-10-4-6-11(7-5-10)12-8-15(9-16-2)13(14-12)17-3/h4-8H,9H2,1-3H3. The van der Waals surface area contributed by atoms with E-state index >= 15 is 0 Å². The lowest BCUT2D eigenvalue weighted by Crippen LogP contribution is -1.99. The zero-order chi connectivity index (χ0) is 12.3. The van der Waals surface area contributed by atoms with Crippen molar-refractivity contribution in [3.63, 3.8) is 0 Å². The van der Waals surface area contributed by atoms with E-state index in [0.717, 1.165) is 16.4 Å². The Morgan fingerprint density at radius 1 is 1.29 bits per heavy atom. The third kappa shape index (κ3) is 2.70. The predicted octanol–water partition coefficient (Wildman–Crippen LogP) is 3.18. The van der Waals surface area contributed by atoms with Gasteiger partial charge in [-0.2, -0.15) is 0 Å². The molecule has 0 saturated carbocycles. The van der Waals surface area contributed by atoms with Crippen LogP contribution in [-0.2, 0) is 11.5 Å². The molecule has 0 fully saturated rings. The Morgan fingerprint density at radius 3 is 2.59 bits per heavy atom. The highest BCUT2D eigenvalue weighted by molar-refractivity contribution is 7.98. The van der Waals surface area contributed by atoms with Gasteiger partial charge in [-0.25, -0.2) is 4.98 Å². The molecule has 1 aromatic carbocycles. The highest BCUT2D eigenvalue weighted by Crippen LogP contribution is 2.23. The van der Waals surface area contributed by atoms with Crippen LogP contribution in [0.3, 0.4) is 0 Å². The highest BCUT2D eigenvalue weighted by Gasteiger charge is 2.08. The molecular formula is C13H16N2OS. The number of hydrogen-bond donors (Lipinski definition) is 0. The van der Waals surface area contributed by atoms with Gasteiger partial charge in [0.05, 0.1) is 5.69 Å². The number of rotatable bonds is 4. The topological polar surface area (TPSA) is 27.1 Å². The average molecular weight is 248 g/mol. The van der Waals surface area contributed by atoms with E-state index in [1.807, 2.05) is 17.0 Å². The van der Waals surface area contributed by atoms with Crippen LogP contribution in [0.1, 0.15) is 5.56 Å². The first-order valence-electron chi connectivity index (χ1n) is 5.41. The molecular weight excluding hydrogens is 232 g/mol. The first-order chi connectivity index (χ1) is 8.24. The fourth-order valence-corrected chi connectivity index (χ4v) is 2.19. The molecule has 0 radical (unpaired) electrons. The normalized spacial score (nSPS) is 10.8. The summed E-state index contributed by atoms with van der Waals surface area (Å²) < 4.78 is 7.16. The zero-order valence-electron chi connectivity index (χ0n) is 10.3. The van der Waals surface area contributed by atoms with Gasteiger partial charge in [0.1, 0.15) is 6.73 Å². The van der Waals surface area contributed by atoms with Gasteiger partial charge >= 0.3 is 0 Å². The first-order valence-corrected chi connectivity index (χ1v) is 6.64. The maximum absolute atomic E-state index is 5.15. The van der Waals surface area contributed by atoms with E-state index in [2.05, 4.69) is 36.2 Å². The molecule has 0 saturated heterocycles. The van der Waals surface area contributed by atoms with Crippen molar-refractivity contribution in [3.8, 4) is 11.3 Å². The van der Waals surface area contributed by atoms with E-state index in [0.29, 0.717) is 6.73 Å². The van der Waals surface area contributed by atoms with Crippen LogP contribution in [0.5, 0.6) is 0 Å². The van der Waals surface area contributed by atoms with Gasteiger partial charge in [0.25, 0.3) is 0 Å². The van der Waals surface area contributed by atoms with Gasteiger partial charge in [0, 0.05) is 18.9 Å². The molecule has 0 aliphatic rings. The van der Waals surface area contributed by atoms with Crippen LogP contribution in [0.2, 0.25) is 0 Å². The number of hydrogen-bond acceptors (Lipinski definition) is 3. The van der Waals surface area contributed by atoms with Gasteiger partial charge in [-0.05, 0) is 13.2 Å². The van der Waals surface area contributed by atoms with Gasteiger partial charge in [0.15, 0.2) is 5.16 Å². The molecule has 0 bridgehead atoms. The summed E-state index contributed by atoms with van der Waals surface area (Å²) in [5.74, 6) is 0. The Kier molecular flexibility index (Phi) is 3.86. The van der Waals surface area contributed by atoms with Crippen LogP contribution >= 0.6 is 11.8 Å². The number of thioether (sulfide) groups is 1. The molecule has 0 spiro atoms. The molecule has 0 amide bonds. The predicted molar refractivity (Wildman–Crippen MR) is 71.2 cm³/mol. The minimum absolute atomic E-state index is 0.537. The lowest BCUT2D eigenvalue weighted by Gasteiger charge is -2.01. The van der Waals surface area contributed by atoms with E-state index in [9.17, 15) is 0 Å². The summed E-state index contributed by atoms with van der Waals surface area (Å²) in [7, 11) is 1.69. The van der Waals surface area contributed by atoms with Crippen molar-refractivity contribution in [3.05, 3.63) is 36.0 Å². The van der Waals surface area contributed by atoms with Gasteiger partial charge in [0.2, 0.25) is 0 Å². The van der Waals surface area contributed by atoms with Gasteiger partial charge in [-0.1, -0.05) is 41.6 Å². The summed E-state index contributed by atoms with van der Waals surface area (Å²) in [5.41, 5.74) is 3.39. The second-order valence-corrected chi connectivity index (χ2v) is 4.64. The summed E-state index contributed by atoms with van der Waals surface area (Å²) >= 11 is 1.63. The van der Waals surface area contributed by atoms with Crippen molar-refractivity contribution >= 4 is 11.8 Å². The summed E-state index contributed by atoms with van der Waals surface area (Å²) in [5, 5.41) is 0.974. The van der Waals surface area contributed by atoms with Crippen molar-refractivity contribution in [2.24, 2.45) is 0 Å². The summed E-state index contributed by atoms with van der Waals surface area (Å²) in [6.45, 7) is 2.62. The SMILES string of the molecule is COCn1cc(-c2ccc(C)cc2)nc1SC. The largest absolute Gasteiger partial charge is 0.364 e. The molecule has 0 unspecified atom stereocenters. The number of benzene rings is 1. The number of nitrogens with zero attached hydrogens (tertiary/aromatic N) is 2. The first kappa shape index (κ1) is 12.2. The molecule has 2 rings (SSSR count).